The Morgan fingerprint density at radius 2 is 1.87 bits per heavy atom. The Kier molecular flexibility index (Phi) is 9.84. The van der Waals surface area contributed by atoms with Gasteiger partial charge in [0.15, 0.2) is 0 Å². The third-order valence-corrected chi connectivity index (χ3v) is 6.76. The van der Waals surface area contributed by atoms with Crippen LogP contribution in [0.15, 0.2) is 48.6 Å². The lowest BCUT2D eigenvalue weighted by molar-refractivity contribution is -0.137. The van der Waals surface area contributed by atoms with E-state index in [1.807, 2.05) is 0 Å². The second-order valence-electron chi connectivity index (χ2n) is 9.04. The minimum absolute atomic E-state index is 0.152. The first-order chi connectivity index (χ1) is 17.8. The molecular weight excluding hydrogens is 542 g/mol. The summed E-state index contributed by atoms with van der Waals surface area (Å²) in [6.07, 6.45) is 1.70. The van der Waals surface area contributed by atoms with Gasteiger partial charge in [0.25, 0.3) is 5.91 Å². The number of hydrogen-bond donors (Lipinski definition) is 2. The van der Waals surface area contributed by atoms with E-state index in [1.165, 1.54) is 37.1 Å². The van der Waals surface area contributed by atoms with E-state index in [1.54, 1.807) is 24.6 Å². The lowest BCUT2D eigenvalue weighted by Crippen LogP contribution is -2.45. The fourth-order valence-electron chi connectivity index (χ4n) is 4.00. The van der Waals surface area contributed by atoms with Crippen molar-refractivity contribution in [1.29, 1.82) is 0 Å². The van der Waals surface area contributed by atoms with Gasteiger partial charge in [-0.25, -0.2) is 0 Å². The van der Waals surface area contributed by atoms with Crippen molar-refractivity contribution in [3.8, 4) is 0 Å². The first-order valence-electron chi connectivity index (χ1n) is 11.9. The summed E-state index contributed by atoms with van der Waals surface area (Å²) in [4.78, 5) is 39.3. The van der Waals surface area contributed by atoms with Crippen LogP contribution in [-0.2, 0) is 15.8 Å². The molecule has 1 saturated heterocycles. The van der Waals surface area contributed by atoms with Crippen molar-refractivity contribution in [1.82, 2.24) is 15.5 Å². The summed E-state index contributed by atoms with van der Waals surface area (Å²) in [5, 5.41) is 5.98. The van der Waals surface area contributed by atoms with Gasteiger partial charge in [-0.1, -0.05) is 35.3 Å². The molecule has 0 aromatic heterocycles. The number of nitrogens with zero attached hydrogens (tertiary/aromatic N) is 1. The third-order valence-electron chi connectivity index (χ3n) is 6.02. The molecular formula is C27H27Cl2F3N3O3. The number of benzene rings is 2. The molecule has 2 N–H and O–H groups in total. The van der Waals surface area contributed by atoms with E-state index in [0.29, 0.717) is 23.6 Å². The molecule has 2 atom stereocenters. The van der Waals surface area contributed by atoms with E-state index in [-0.39, 0.29) is 22.1 Å². The molecule has 2 aromatic carbocycles. The van der Waals surface area contributed by atoms with Crippen LogP contribution in [0.1, 0.15) is 46.3 Å². The number of alkyl halides is 3. The first-order valence-corrected chi connectivity index (χ1v) is 12.6. The number of aryl methyl sites for hydroxylation is 1. The fraction of sp³-hybridized carbons (Fsp3) is 0.333. The van der Waals surface area contributed by atoms with Crippen LogP contribution in [0.3, 0.4) is 0 Å². The summed E-state index contributed by atoms with van der Waals surface area (Å²) < 4.78 is 40.0. The zero-order chi connectivity index (χ0) is 28.0. The second-order valence-corrected chi connectivity index (χ2v) is 9.85. The van der Waals surface area contributed by atoms with Crippen molar-refractivity contribution in [2.45, 2.75) is 44.4 Å². The molecule has 6 nitrogen and oxygen atoms in total. The smallest absolute Gasteiger partial charge is 0.354 e. The van der Waals surface area contributed by atoms with Crippen molar-refractivity contribution < 1.29 is 27.6 Å². The van der Waals surface area contributed by atoms with Gasteiger partial charge >= 0.3 is 6.18 Å². The zero-order valence-corrected chi connectivity index (χ0v) is 22.3. The molecule has 1 heterocycles. The molecule has 3 rings (SSSR count). The van der Waals surface area contributed by atoms with Crippen molar-refractivity contribution in [2.24, 2.45) is 0 Å². The quantitative estimate of drug-likeness (QED) is 0.442. The molecule has 0 bridgehead atoms. The molecule has 1 fully saturated rings. The molecule has 203 valence electrons. The maximum absolute atomic E-state index is 13.3. The van der Waals surface area contributed by atoms with Crippen molar-refractivity contribution in [3.63, 3.8) is 0 Å². The largest absolute Gasteiger partial charge is 0.416 e. The molecule has 38 heavy (non-hydrogen) atoms. The van der Waals surface area contributed by atoms with E-state index in [4.69, 9.17) is 23.2 Å². The Labute approximate surface area is 229 Å². The van der Waals surface area contributed by atoms with E-state index < -0.39 is 35.6 Å². The average molecular weight is 569 g/mol. The molecule has 1 aliphatic rings. The first kappa shape index (κ1) is 29.5. The fourth-order valence-corrected chi connectivity index (χ4v) is 4.31. The molecule has 11 heteroatoms. The van der Waals surface area contributed by atoms with Crippen molar-refractivity contribution in [3.05, 3.63) is 87.3 Å². The van der Waals surface area contributed by atoms with Gasteiger partial charge in [-0.05, 0) is 67.6 Å². The Balaban J connectivity index is 1.87. The molecule has 1 aliphatic heterocycles. The van der Waals surface area contributed by atoms with Crippen LogP contribution in [0.25, 0.3) is 0 Å². The van der Waals surface area contributed by atoms with Crippen LogP contribution in [0, 0.1) is 13.3 Å². The summed E-state index contributed by atoms with van der Waals surface area (Å²) in [6.45, 7) is 2.02. The van der Waals surface area contributed by atoms with Gasteiger partial charge in [-0.3, -0.25) is 14.4 Å². The number of likely N-dealkylation sites (N-methyl/N-ethyl adjacent to an activating group) is 1. The van der Waals surface area contributed by atoms with Gasteiger partial charge in [-0.2, -0.15) is 13.2 Å². The van der Waals surface area contributed by atoms with Crippen LogP contribution in [0.5, 0.6) is 0 Å². The molecule has 1 radical (unpaired) electrons. The minimum atomic E-state index is -4.62. The summed E-state index contributed by atoms with van der Waals surface area (Å²) in [5.41, 5.74) is -0.244. The zero-order valence-electron chi connectivity index (χ0n) is 20.7. The number of carbonyl (C=O) groups is 3. The normalized spacial score (nSPS) is 17.0. The summed E-state index contributed by atoms with van der Waals surface area (Å²) in [6, 6.07) is 6.36. The molecule has 0 aliphatic carbocycles. The number of nitrogens with one attached hydrogen (secondary N) is 2. The SMILES string of the molecule is Cc1cc(C(=O)N(C)[C@H]([CH]c2ccc(Cl)c(Cl)c2)/C=C/C(=O)N[C@@H]2CCCCNC2=O)cc(C(F)(F)F)c1. The van der Waals surface area contributed by atoms with E-state index in [2.05, 4.69) is 10.6 Å². The number of hydrogen-bond acceptors (Lipinski definition) is 3. The average Bonchev–Trinajstić information content (AvgIpc) is 3.05. The van der Waals surface area contributed by atoms with E-state index in [9.17, 15) is 27.6 Å². The molecule has 3 amide bonds. The Bertz CT molecular complexity index is 1230. The minimum Gasteiger partial charge on any atom is -0.354 e. The standard InChI is InChI=1S/C27H27Cl2F3N3O3/c1-16-11-18(15-19(12-16)27(30,31)32)26(38)35(2)20(13-17-6-8-21(28)22(29)14-17)7-9-24(36)34-23-5-3-4-10-33-25(23)37/h6-9,11-15,20,23H,3-5,10H2,1-2H3,(H,33,37)(H,34,36)/b9-7+/t20-,23+/m0/s1. The maximum atomic E-state index is 13.3. The highest BCUT2D eigenvalue weighted by Gasteiger charge is 2.32. The highest BCUT2D eigenvalue weighted by atomic mass is 35.5. The second kappa shape index (κ2) is 12.7. The van der Waals surface area contributed by atoms with Crippen LogP contribution in [-0.4, -0.2) is 48.3 Å². The van der Waals surface area contributed by atoms with Gasteiger partial charge in [0, 0.05) is 31.7 Å². The number of halogens is 5. The highest BCUT2D eigenvalue weighted by Crippen LogP contribution is 2.31. The van der Waals surface area contributed by atoms with Crippen LogP contribution < -0.4 is 10.6 Å². The molecule has 0 unspecified atom stereocenters. The topological polar surface area (TPSA) is 78.5 Å². The monoisotopic (exact) mass is 568 g/mol. The van der Waals surface area contributed by atoms with Crippen molar-refractivity contribution in [2.75, 3.05) is 13.6 Å². The van der Waals surface area contributed by atoms with E-state index in [0.717, 1.165) is 25.0 Å². The third kappa shape index (κ3) is 7.98. The van der Waals surface area contributed by atoms with Gasteiger partial charge in [0.1, 0.15) is 6.04 Å². The maximum Gasteiger partial charge on any atom is 0.416 e. The van der Waals surface area contributed by atoms with Crippen LogP contribution >= 0.6 is 23.2 Å². The molecule has 0 saturated carbocycles. The number of rotatable bonds is 7. The lowest BCUT2D eigenvalue weighted by Gasteiger charge is -2.26. The lowest BCUT2D eigenvalue weighted by atomic mass is 10.0. The Morgan fingerprint density at radius 1 is 1.13 bits per heavy atom. The highest BCUT2D eigenvalue weighted by molar-refractivity contribution is 6.42. The predicted octanol–water partition coefficient (Wildman–Crippen LogP) is 5.35. The predicted molar refractivity (Wildman–Crippen MR) is 140 cm³/mol. The van der Waals surface area contributed by atoms with Crippen molar-refractivity contribution >= 4 is 40.9 Å². The van der Waals surface area contributed by atoms with Crippen LogP contribution in [0.4, 0.5) is 13.2 Å². The Morgan fingerprint density at radius 3 is 2.55 bits per heavy atom. The summed E-state index contributed by atoms with van der Waals surface area (Å²) in [7, 11) is 1.41. The number of amides is 3. The summed E-state index contributed by atoms with van der Waals surface area (Å²) in [5.74, 6) is -1.50. The molecule has 2 aromatic rings. The van der Waals surface area contributed by atoms with Gasteiger partial charge < -0.3 is 15.5 Å². The van der Waals surface area contributed by atoms with Crippen LogP contribution in [0.2, 0.25) is 10.0 Å². The summed E-state index contributed by atoms with van der Waals surface area (Å²) >= 11 is 12.1. The Hall–Kier alpha value is -3.04. The number of carbonyl (C=O) groups excluding carboxylic acids is 3. The van der Waals surface area contributed by atoms with Gasteiger partial charge in [-0.15, -0.1) is 0 Å². The molecule has 0 spiro atoms. The van der Waals surface area contributed by atoms with E-state index >= 15 is 0 Å². The van der Waals surface area contributed by atoms with Gasteiger partial charge in [0.05, 0.1) is 21.7 Å². The van der Waals surface area contributed by atoms with Gasteiger partial charge in [0.2, 0.25) is 11.8 Å².